The molecule has 2 aliphatic heterocycles. The molecule has 0 spiro atoms. The van der Waals surface area contributed by atoms with Gasteiger partial charge in [0.25, 0.3) is 0 Å². The number of morpholine rings is 1. The van der Waals surface area contributed by atoms with Gasteiger partial charge in [-0.2, -0.15) is 0 Å². The van der Waals surface area contributed by atoms with Crippen LogP contribution in [0.25, 0.3) is 0 Å². The van der Waals surface area contributed by atoms with E-state index in [0.717, 1.165) is 41.4 Å². The summed E-state index contributed by atoms with van der Waals surface area (Å²) in [5, 5.41) is 0. The second-order valence-corrected chi connectivity index (χ2v) is 8.07. The molecule has 2 aliphatic rings. The van der Waals surface area contributed by atoms with Gasteiger partial charge in [0.1, 0.15) is 0 Å². The lowest BCUT2D eigenvalue weighted by atomic mass is 9.88. The molecule has 0 aliphatic carbocycles. The van der Waals surface area contributed by atoms with Crippen molar-refractivity contribution in [2.24, 2.45) is 0 Å². The number of ether oxygens (including phenoxy) is 1. The zero-order chi connectivity index (χ0) is 21.0. The van der Waals surface area contributed by atoms with Gasteiger partial charge in [0.05, 0.1) is 25.5 Å². The van der Waals surface area contributed by atoms with Gasteiger partial charge >= 0.3 is 0 Å². The second kappa shape index (κ2) is 8.86. The Morgan fingerprint density at radius 1 is 0.935 bits per heavy atom. The Morgan fingerprint density at radius 2 is 1.58 bits per heavy atom. The number of fused-ring (bicyclic) bond motifs is 1. The van der Waals surface area contributed by atoms with Gasteiger partial charge in [-0.15, -0.1) is 0 Å². The Bertz CT molecular complexity index is 996. The van der Waals surface area contributed by atoms with Crippen LogP contribution in [0.5, 0.6) is 0 Å². The average Bonchev–Trinajstić information content (AvgIpc) is 3.28. The number of hydrogen-bond donors (Lipinski definition) is 0. The second-order valence-electron chi connectivity index (χ2n) is 8.07. The molecule has 0 radical (unpaired) electrons. The third-order valence-corrected chi connectivity index (χ3v) is 6.07. The zero-order valence-corrected chi connectivity index (χ0v) is 17.5. The Labute approximate surface area is 182 Å². The minimum atomic E-state index is 0.0357. The van der Waals surface area contributed by atoms with Crippen molar-refractivity contribution in [1.82, 2.24) is 14.9 Å². The van der Waals surface area contributed by atoms with Crippen molar-refractivity contribution in [3.05, 3.63) is 89.2 Å². The van der Waals surface area contributed by atoms with Gasteiger partial charge in [-0.3, -0.25) is 4.79 Å². The number of carbonyl (C=O) groups is 1. The molecule has 1 aromatic heterocycles. The molecule has 1 amide bonds. The number of rotatable bonds is 5. The Hall–Kier alpha value is -3.25. The van der Waals surface area contributed by atoms with Crippen LogP contribution in [0.4, 0.5) is 5.95 Å². The molecule has 31 heavy (non-hydrogen) atoms. The molecule has 0 unspecified atom stereocenters. The molecule has 0 atom stereocenters. The van der Waals surface area contributed by atoms with Crippen LogP contribution in [-0.4, -0.2) is 47.1 Å². The van der Waals surface area contributed by atoms with Crippen LogP contribution in [0, 0.1) is 0 Å². The lowest BCUT2D eigenvalue weighted by Gasteiger charge is -2.26. The van der Waals surface area contributed by atoms with Gasteiger partial charge in [0.15, 0.2) is 0 Å². The van der Waals surface area contributed by atoms with Gasteiger partial charge in [-0.1, -0.05) is 60.7 Å². The van der Waals surface area contributed by atoms with Gasteiger partial charge in [0.2, 0.25) is 11.9 Å². The molecule has 3 heterocycles. The topological polar surface area (TPSA) is 58.6 Å². The van der Waals surface area contributed by atoms with Crippen molar-refractivity contribution >= 4 is 11.9 Å². The highest BCUT2D eigenvalue weighted by atomic mass is 16.5. The van der Waals surface area contributed by atoms with E-state index in [0.29, 0.717) is 32.7 Å². The maximum Gasteiger partial charge on any atom is 0.225 e. The van der Waals surface area contributed by atoms with Gasteiger partial charge in [0, 0.05) is 43.7 Å². The Balaban J connectivity index is 1.32. The van der Waals surface area contributed by atoms with E-state index in [1.807, 2.05) is 47.5 Å². The van der Waals surface area contributed by atoms with Crippen molar-refractivity contribution in [2.45, 2.75) is 25.4 Å². The van der Waals surface area contributed by atoms with E-state index in [9.17, 15) is 4.79 Å². The van der Waals surface area contributed by atoms with E-state index in [1.54, 1.807) is 0 Å². The minimum Gasteiger partial charge on any atom is -0.378 e. The quantitative estimate of drug-likeness (QED) is 0.641. The first-order chi connectivity index (χ1) is 15.3. The van der Waals surface area contributed by atoms with E-state index < -0.39 is 0 Å². The number of benzene rings is 2. The molecule has 2 aromatic carbocycles. The lowest BCUT2D eigenvalue weighted by molar-refractivity contribution is -0.132. The van der Waals surface area contributed by atoms with Crippen molar-refractivity contribution in [3.63, 3.8) is 0 Å². The van der Waals surface area contributed by atoms with Crippen molar-refractivity contribution in [1.29, 1.82) is 0 Å². The van der Waals surface area contributed by atoms with E-state index in [-0.39, 0.29) is 11.8 Å². The summed E-state index contributed by atoms with van der Waals surface area (Å²) in [5.74, 6) is 0.917. The third-order valence-electron chi connectivity index (χ3n) is 6.07. The van der Waals surface area contributed by atoms with Crippen LogP contribution in [0.3, 0.4) is 0 Å². The normalized spacial score (nSPS) is 15.9. The zero-order valence-electron chi connectivity index (χ0n) is 17.5. The van der Waals surface area contributed by atoms with E-state index >= 15 is 0 Å². The van der Waals surface area contributed by atoms with E-state index in [4.69, 9.17) is 9.72 Å². The largest absolute Gasteiger partial charge is 0.378 e. The summed E-state index contributed by atoms with van der Waals surface area (Å²) in [6, 6.07) is 20.5. The first-order valence-electron chi connectivity index (χ1n) is 10.8. The number of nitrogens with zero attached hydrogens (tertiary/aromatic N) is 4. The highest BCUT2D eigenvalue weighted by molar-refractivity contribution is 5.78. The summed E-state index contributed by atoms with van der Waals surface area (Å²) >= 11 is 0. The highest BCUT2D eigenvalue weighted by Crippen LogP contribution is 2.31. The molecule has 158 valence electrons. The first-order valence-corrected chi connectivity index (χ1v) is 10.8. The molecule has 5 rings (SSSR count). The molecule has 1 saturated heterocycles. The highest BCUT2D eigenvalue weighted by Gasteiger charge is 2.29. The molecule has 6 heteroatoms. The Morgan fingerprint density at radius 3 is 2.23 bits per heavy atom. The van der Waals surface area contributed by atoms with Crippen LogP contribution in [0.2, 0.25) is 0 Å². The molecule has 1 fully saturated rings. The molecule has 3 aromatic rings. The van der Waals surface area contributed by atoms with Crippen molar-refractivity contribution < 1.29 is 9.53 Å². The van der Waals surface area contributed by atoms with Gasteiger partial charge < -0.3 is 14.5 Å². The summed E-state index contributed by atoms with van der Waals surface area (Å²) in [6.07, 6.45) is 2.32. The van der Waals surface area contributed by atoms with Crippen LogP contribution in [0.15, 0.2) is 66.9 Å². The summed E-state index contributed by atoms with van der Waals surface area (Å²) in [7, 11) is 0. The van der Waals surface area contributed by atoms with Crippen LogP contribution in [0.1, 0.15) is 34.7 Å². The number of amides is 1. The first kappa shape index (κ1) is 19.7. The summed E-state index contributed by atoms with van der Waals surface area (Å²) in [5.41, 5.74) is 4.32. The smallest absolute Gasteiger partial charge is 0.225 e. The fourth-order valence-electron chi connectivity index (χ4n) is 4.34. The molecular formula is C25H26N4O2. The third kappa shape index (κ3) is 4.30. The average molecular weight is 415 g/mol. The van der Waals surface area contributed by atoms with Crippen LogP contribution < -0.4 is 4.90 Å². The molecular weight excluding hydrogens is 388 g/mol. The monoisotopic (exact) mass is 414 g/mol. The number of carbonyl (C=O) groups excluding carboxylic acids is 1. The Kier molecular flexibility index (Phi) is 5.63. The standard InChI is InChI=1S/C25H26N4O2/c30-24(15-22(19-7-3-1-4-8-19)20-9-5-2-6-10-20)29-17-21-16-26-25(27-23(21)18-29)28-11-13-31-14-12-28/h1-10,16,22H,11-15,17-18H2. The maximum absolute atomic E-state index is 13.3. The number of anilines is 1. The predicted molar refractivity (Wildman–Crippen MR) is 119 cm³/mol. The summed E-state index contributed by atoms with van der Waals surface area (Å²) < 4.78 is 5.42. The van der Waals surface area contributed by atoms with Gasteiger partial charge in [-0.25, -0.2) is 9.97 Å². The molecule has 0 bridgehead atoms. The molecule has 0 N–H and O–H groups in total. The summed E-state index contributed by atoms with van der Waals surface area (Å²) in [6.45, 7) is 4.13. The molecule has 0 saturated carbocycles. The molecule has 6 nitrogen and oxygen atoms in total. The number of hydrogen-bond acceptors (Lipinski definition) is 5. The van der Waals surface area contributed by atoms with E-state index in [1.165, 1.54) is 0 Å². The SMILES string of the molecule is O=C(CC(c1ccccc1)c1ccccc1)N1Cc2cnc(N3CCOCC3)nc2C1. The van der Waals surface area contributed by atoms with Gasteiger partial charge in [-0.05, 0) is 11.1 Å². The number of aromatic nitrogens is 2. The minimum absolute atomic E-state index is 0.0357. The van der Waals surface area contributed by atoms with Crippen LogP contribution >= 0.6 is 0 Å². The van der Waals surface area contributed by atoms with Crippen molar-refractivity contribution in [3.8, 4) is 0 Å². The predicted octanol–water partition coefficient (Wildman–Crippen LogP) is 3.38. The fraction of sp³-hybridized carbons (Fsp3) is 0.320. The summed E-state index contributed by atoms with van der Waals surface area (Å²) in [4.78, 5) is 26.7. The van der Waals surface area contributed by atoms with Crippen molar-refractivity contribution in [2.75, 3.05) is 31.2 Å². The lowest BCUT2D eigenvalue weighted by Crippen LogP contribution is -2.37. The van der Waals surface area contributed by atoms with Crippen LogP contribution in [-0.2, 0) is 22.6 Å². The maximum atomic E-state index is 13.3. The fourth-order valence-corrected chi connectivity index (χ4v) is 4.34. The van der Waals surface area contributed by atoms with E-state index in [2.05, 4.69) is 34.1 Å².